The zero-order chi connectivity index (χ0) is 17.6. The van der Waals surface area contributed by atoms with E-state index >= 15 is 0 Å². The molecule has 0 saturated heterocycles. The Morgan fingerprint density at radius 1 is 1.24 bits per heavy atom. The van der Waals surface area contributed by atoms with Crippen LogP contribution in [0.3, 0.4) is 0 Å². The minimum Gasteiger partial charge on any atom is -0.245 e. The van der Waals surface area contributed by atoms with E-state index in [1.165, 1.54) is 23.9 Å². The third-order valence-corrected chi connectivity index (χ3v) is 4.64. The molecule has 5 nitrogen and oxygen atoms in total. The second-order valence-corrected chi connectivity index (χ2v) is 6.51. The molecule has 0 aliphatic heterocycles. The van der Waals surface area contributed by atoms with Crippen molar-refractivity contribution in [1.82, 2.24) is 15.2 Å². The van der Waals surface area contributed by atoms with Gasteiger partial charge in [-0.3, -0.25) is 0 Å². The predicted octanol–water partition coefficient (Wildman–Crippen LogP) is 4.73. The maximum absolute atomic E-state index is 12.9. The van der Waals surface area contributed by atoms with Crippen LogP contribution in [0.25, 0.3) is 0 Å². The molecule has 0 fully saturated rings. The summed E-state index contributed by atoms with van der Waals surface area (Å²) >= 11 is 7.61. The number of thioether (sulfide) groups is 1. The third-order valence-electron chi connectivity index (χ3n) is 3.37. The summed E-state index contributed by atoms with van der Waals surface area (Å²) in [5.41, 5.74) is 5.37. The van der Waals surface area contributed by atoms with Crippen molar-refractivity contribution >= 4 is 35.0 Å². The molecule has 0 atom stereocenters. The standard InChI is InChI=1S/C17H15ClFN5S/c1-11(12-6-8-14(19)9-7-12)21-22-16-20-17(24-23-16)25-10-13-4-2-3-5-15(13)18/h2-9H,10H2,1H3,(H2,20,22,23,24)/b21-11+. The maximum atomic E-state index is 12.9. The van der Waals surface area contributed by atoms with Gasteiger partial charge in [0.05, 0.1) is 5.71 Å². The van der Waals surface area contributed by atoms with Gasteiger partial charge in [0.2, 0.25) is 11.1 Å². The number of hydrogen-bond donors (Lipinski definition) is 2. The van der Waals surface area contributed by atoms with Crippen LogP contribution >= 0.6 is 23.4 Å². The zero-order valence-corrected chi connectivity index (χ0v) is 14.9. The van der Waals surface area contributed by atoms with Gasteiger partial charge in [0.15, 0.2) is 0 Å². The van der Waals surface area contributed by atoms with Crippen LogP contribution in [0.5, 0.6) is 0 Å². The quantitative estimate of drug-likeness (QED) is 0.371. The summed E-state index contributed by atoms with van der Waals surface area (Å²) in [5.74, 6) is 0.831. The number of rotatable bonds is 6. The van der Waals surface area contributed by atoms with E-state index in [1.54, 1.807) is 12.1 Å². The van der Waals surface area contributed by atoms with Crippen molar-refractivity contribution in [1.29, 1.82) is 0 Å². The molecule has 1 heterocycles. The fourth-order valence-electron chi connectivity index (χ4n) is 2.01. The minimum atomic E-state index is -0.278. The van der Waals surface area contributed by atoms with Gasteiger partial charge in [0, 0.05) is 10.8 Å². The van der Waals surface area contributed by atoms with Gasteiger partial charge in [-0.05, 0) is 36.2 Å². The molecule has 3 rings (SSSR count). The Balaban J connectivity index is 1.59. The number of H-pyrrole nitrogens is 1. The molecule has 0 aliphatic carbocycles. The number of benzene rings is 2. The van der Waals surface area contributed by atoms with Gasteiger partial charge >= 0.3 is 0 Å². The first-order valence-corrected chi connectivity index (χ1v) is 8.83. The maximum Gasteiger partial charge on any atom is 0.240 e. The summed E-state index contributed by atoms with van der Waals surface area (Å²) in [7, 11) is 0. The summed E-state index contributed by atoms with van der Waals surface area (Å²) in [5, 5.41) is 12.4. The second-order valence-electron chi connectivity index (χ2n) is 5.16. The van der Waals surface area contributed by atoms with Crippen molar-refractivity contribution in [3.05, 3.63) is 70.5 Å². The molecular weight excluding hydrogens is 361 g/mol. The van der Waals surface area contributed by atoms with Gasteiger partial charge in [-0.15, -0.1) is 5.10 Å². The van der Waals surface area contributed by atoms with E-state index in [4.69, 9.17) is 11.6 Å². The van der Waals surface area contributed by atoms with Gasteiger partial charge < -0.3 is 0 Å². The summed E-state index contributed by atoms with van der Waals surface area (Å²) in [4.78, 5) is 4.31. The molecule has 128 valence electrons. The highest BCUT2D eigenvalue weighted by Gasteiger charge is 2.06. The molecule has 0 bridgehead atoms. The van der Waals surface area contributed by atoms with Gasteiger partial charge in [0.1, 0.15) is 5.82 Å². The first kappa shape index (κ1) is 17.4. The van der Waals surface area contributed by atoms with Crippen LogP contribution in [-0.4, -0.2) is 20.9 Å². The van der Waals surface area contributed by atoms with E-state index in [-0.39, 0.29) is 5.82 Å². The third kappa shape index (κ3) is 4.80. The van der Waals surface area contributed by atoms with E-state index < -0.39 is 0 Å². The Bertz CT molecular complexity index is 879. The van der Waals surface area contributed by atoms with Crippen molar-refractivity contribution in [2.24, 2.45) is 5.10 Å². The number of nitrogens with one attached hydrogen (secondary N) is 2. The smallest absolute Gasteiger partial charge is 0.240 e. The summed E-state index contributed by atoms with van der Waals surface area (Å²) in [6.07, 6.45) is 0. The molecule has 2 aromatic carbocycles. The molecule has 0 aliphatic rings. The Morgan fingerprint density at radius 2 is 2.00 bits per heavy atom. The molecule has 8 heteroatoms. The average Bonchev–Trinajstić information content (AvgIpc) is 3.07. The van der Waals surface area contributed by atoms with Gasteiger partial charge in [-0.2, -0.15) is 10.1 Å². The van der Waals surface area contributed by atoms with Crippen LogP contribution in [0.4, 0.5) is 10.3 Å². The molecular formula is C17H15ClFN5S. The van der Waals surface area contributed by atoms with Crippen LogP contribution in [0.1, 0.15) is 18.1 Å². The Hall–Kier alpha value is -2.38. The topological polar surface area (TPSA) is 66.0 Å². The van der Waals surface area contributed by atoms with E-state index in [2.05, 4.69) is 25.7 Å². The minimum absolute atomic E-state index is 0.278. The van der Waals surface area contributed by atoms with E-state index in [0.717, 1.165) is 16.1 Å². The van der Waals surface area contributed by atoms with Crippen LogP contribution in [0, 0.1) is 5.82 Å². The number of nitrogens with zero attached hydrogens (tertiary/aromatic N) is 3. The van der Waals surface area contributed by atoms with Crippen LogP contribution in [0.15, 0.2) is 58.8 Å². The molecule has 0 saturated carbocycles. The van der Waals surface area contributed by atoms with Crippen LogP contribution in [-0.2, 0) is 5.75 Å². The molecule has 0 amide bonds. The molecule has 25 heavy (non-hydrogen) atoms. The van der Waals surface area contributed by atoms with Crippen molar-refractivity contribution in [3.63, 3.8) is 0 Å². The molecule has 0 unspecified atom stereocenters. The fourth-order valence-corrected chi connectivity index (χ4v) is 3.10. The second kappa shape index (κ2) is 8.13. The lowest BCUT2D eigenvalue weighted by Gasteiger charge is -2.01. The lowest BCUT2D eigenvalue weighted by Crippen LogP contribution is -2.00. The number of halogens is 2. The van der Waals surface area contributed by atoms with Gasteiger partial charge in [-0.25, -0.2) is 14.9 Å². The highest BCUT2D eigenvalue weighted by Crippen LogP contribution is 2.24. The predicted molar refractivity (Wildman–Crippen MR) is 99.6 cm³/mol. The summed E-state index contributed by atoms with van der Waals surface area (Å²) < 4.78 is 12.9. The Labute approximate surface area is 153 Å². The van der Waals surface area contributed by atoms with E-state index in [9.17, 15) is 4.39 Å². The van der Waals surface area contributed by atoms with E-state index in [0.29, 0.717) is 22.6 Å². The first-order chi connectivity index (χ1) is 12.1. The largest absolute Gasteiger partial charge is 0.245 e. The number of anilines is 1. The number of hydrogen-bond acceptors (Lipinski definition) is 5. The Kier molecular flexibility index (Phi) is 5.67. The SMILES string of the molecule is C/C(=N\Nc1nc(SCc2ccccc2Cl)n[nH]1)c1ccc(F)cc1. The summed E-state index contributed by atoms with van der Waals surface area (Å²) in [6, 6.07) is 13.8. The number of hydrazone groups is 1. The monoisotopic (exact) mass is 375 g/mol. The van der Waals surface area contributed by atoms with Crippen molar-refractivity contribution < 1.29 is 4.39 Å². The summed E-state index contributed by atoms with van der Waals surface area (Å²) in [6.45, 7) is 1.82. The lowest BCUT2D eigenvalue weighted by atomic mass is 10.1. The highest BCUT2D eigenvalue weighted by molar-refractivity contribution is 7.98. The molecule has 0 radical (unpaired) electrons. The molecule has 1 aromatic heterocycles. The first-order valence-electron chi connectivity index (χ1n) is 7.46. The lowest BCUT2D eigenvalue weighted by molar-refractivity contribution is 0.628. The number of aromatic nitrogens is 3. The fraction of sp³-hybridized carbons (Fsp3) is 0.118. The Morgan fingerprint density at radius 3 is 2.76 bits per heavy atom. The van der Waals surface area contributed by atoms with Crippen LogP contribution in [0.2, 0.25) is 5.02 Å². The highest BCUT2D eigenvalue weighted by atomic mass is 35.5. The molecule has 0 spiro atoms. The normalized spacial score (nSPS) is 11.6. The number of aromatic amines is 1. The average molecular weight is 376 g/mol. The van der Waals surface area contributed by atoms with Gasteiger partial charge in [0.25, 0.3) is 0 Å². The van der Waals surface area contributed by atoms with Crippen LogP contribution < -0.4 is 5.43 Å². The van der Waals surface area contributed by atoms with Crippen molar-refractivity contribution in [2.75, 3.05) is 5.43 Å². The molecule has 3 aromatic rings. The van der Waals surface area contributed by atoms with Crippen molar-refractivity contribution in [3.8, 4) is 0 Å². The molecule has 2 N–H and O–H groups in total. The van der Waals surface area contributed by atoms with Gasteiger partial charge in [-0.1, -0.05) is 53.7 Å². The zero-order valence-electron chi connectivity index (χ0n) is 13.3. The van der Waals surface area contributed by atoms with Crippen molar-refractivity contribution in [2.45, 2.75) is 17.8 Å². The van der Waals surface area contributed by atoms with E-state index in [1.807, 2.05) is 31.2 Å².